The zero-order chi connectivity index (χ0) is 7.56. The maximum absolute atomic E-state index is 9.95. The van der Waals surface area contributed by atoms with Gasteiger partial charge in [-0.25, -0.2) is 4.79 Å². The van der Waals surface area contributed by atoms with Crippen LogP contribution in [0.25, 0.3) is 0 Å². The van der Waals surface area contributed by atoms with Gasteiger partial charge in [0.25, 0.3) is 0 Å². The van der Waals surface area contributed by atoms with Crippen LogP contribution in [0.2, 0.25) is 0 Å². The maximum Gasteiger partial charge on any atom is 0.511 e. The molecule has 1 aromatic rings. The van der Waals surface area contributed by atoms with E-state index in [9.17, 15) is 4.79 Å². The zero-order valence-corrected chi connectivity index (χ0v) is 5.72. The number of carbonyl (C=O) groups is 1. The third-order valence-corrected chi connectivity index (χ3v) is 1.58. The summed E-state index contributed by atoms with van der Waals surface area (Å²) in [6.45, 7) is 0. The van der Waals surface area contributed by atoms with Crippen LogP contribution in [0.1, 0.15) is 0 Å². The molecule has 0 bridgehead atoms. The van der Waals surface area contributed by atoms with Crippen molar-refractivity contribution in [2.45, 2.75) is 0 Å². The Bertz CT molecular complexity index is 245. The number of anilines is 1. The van der Waals surface area contributed by atoms with Crippen LogP contribution in [0, 0.1) is 0 Å². The van der Waals surface area contributed by atoms with Crippen LogP contribution < -0.4 is 10.5 Å². The Morgan fingerprint density at radius 1 is 1.80 bits per heavy atom. The normalized spacial score (nSPS) is 9.20. The van der Waals surface area contributed by atoms with Gasteiger partial charge in [0.1, 0.15) is 5.00 Å². The largest absolute Gasteiger partial charge is 0.511 e. The van der Waals surface area contributed by atoms with Gasteiger partial charge in [-0.1, -0.05) is 0 Å². The SMILES string of the molecule is Nc1sccc1OC(=O)O. The topological polar surface area (TPSA) is 72.5 Å². The Hall–Kier alpha value is -1.23. The number of ether oxygens (including phenoxy) is 1. The molecule has 0 saturated heterocycles. The molecule has 0 spiro atoms. The highest BCUT2D eigenvalue weighted by Crippen LogP contribution is 2.26. The fourth-order valence-electron chi connectivity index (χ4n) is 0.488. The molecule has 0 saturated carbocycles. The lowest BCUT2D eigenvalue weighted by Gasteiger charge is -1.94. The standard InChI is InChI=1S/C5H5NO3S/c6-4-3(1-2-10-4)9-5(7)8/h1-2H,6H2,(H,7,8). The van der Waals surface area contributed by atoms with Crippen molar-refractivity contribution in [3.63, 3.8) is 0 Å². The lowest BCUT2D eigenvalue weighted by atomic mass is 10.6. The smallest absolute Gasteiger partial charge is 0.449 e. The molecule has 5 heteroatoms. The van der Waals surface area contributed by atoms with E-state index >= 15 is 0 Å². The van der Waals surface area contributed by atoms with Crippen LogP contribution in [-0.2, 0) is 0 Å². The Labute approximate surface area is 60.8 Å². The molecule has 0 aliphatic carbocycles. The molecular weight excluding hydrogens is 154 g/mol. The van der Waals surface area contributed by atoms with Crippen LogP contribution in [-0.4, -0.2) is 11.3 Å². The predicted molar refractivity (Wildman–Crippen MR) is 37.4 cm³/mol. The van der Waals surface area contributed by atoms with E-state index in [1.54, 1.807) is 5.38 Å². The van der Waals surface area contributed by atoms with E-state index in [0.717, 1.165) is 0 Å². The van der Waals surface area contributed by atoms with E-state index in [-0.39, 0.29) is 5.75 Å². The van der Waals surface area contributed by atoms with E-state index in [4.69, 9.17) is 10.8 Å². The van der Waals surface area contributed by atoms with Gasteiger partial charge in [-0.05, 0) is 11.4 Å². The number of nitrogens with two attached hydrogens (primary N) is 1. The first-order valence-corrected chi connectivity index (χ1v) is 3.32. The van der Waals surface area contributed by atoms with Crippen molar-refractivity contribution in [1.82, 2.24) is 0 Å². The molecule has 0 atom stereocenters. The van der Waals surface area contributed by atoms with Crippen LogP contribution >= 0.6 is 11.3 Å². The summed E-state index contributed by atoms with van der Waals surface area (Å²) in [4.78, 5) is 9.95. The Kier molecular flexibility index (Phi) is 1.77. The molecule has 3 N–H and O–H groups in total. The van der Waals surface area contributed by atoms with Crippen molar-refractivity contribution in [3.8, 4) is 5.75 Å². The van der Waals surface area contributed by atoms with Gasteiger partial charge < -0.3 is 15.6 Å². The minimum atomic E-state index is -1.34. The lowest BCUT2D eigenvalue weighted by molar-refractivity contribution is 0.145. The summed E-state index contributed by atoms with van der Waals surface area (Å²) < 4.78 is 4.29. The second-order valence-corrected chi connectivity index (χ2v) is 2.46. The minimum absolute atomic E-state index is 0.206. The highest BCUT2D eigenvalue weighted by molar-refractivity contribution is 7.14. The molecule has 4 nitrogen and oxygen atoms in total. The van der Waals surface area contributed by atoms with E-state index in [2.05, 4.69) is 4.74 Å². The molecule has 10 heavy (non-hydrogen) atoms. The average Bonchev–Trinajstić information content (AvgIpc) is 2.15. The Balaban J connectivity index is 2.74. The van der Waals surface area contributed by atoms with Crippen molar-refractivity contribution in [3.05, 3.63) is 11.4 Å². The molecule has 0 fully saturated rings. The first kappa shape index (κ1) is 6.88. The Morgan fingerprint density at radius 2 is 2.50 bits per heavy atom. The summed E-state index contributed by atoms with van der Waals surface area (Å²) >= 11 is 1.24. The molecule has 0 unspecified atom stereocenters. The summed E-state index contributed by atoms with van der Waals surface area (Å²) in [5.74, 6) is 0.206. The first-order chi connectivity index (χ1) is 4.70. The van der Waals surface area contributed by atoms with E-state index in [1.807, 2.05) is 0 Å². The highest BCUT2D eigenvalue weighted by atomic mass is 32.1. The fraction of sp³-hybridized carbons (Fsp3) is 0. The van der Waals surface area contributed by atoms with Gasteiger partial charge in [0.05, 0.1) is 0 Å². The number of thiophene rings is 1. The molecule has 0 aromatic carbocycles. The molecule has 1 heterocycles. The maximum atomic E-state index is 9.95. The molecule has 0 aliphatic heterocycles. The van der Waals surface area contributed by atoms with Gasteiger partial charge in [-0.3, -0.25) is 0 Å². The number of carboxylic acid groups (broad SMARTS) is 1. The molecule has 0 radical (unpaired) electrons. The average molecular weight is 159 g/mol. The summed E-state index contributed by atoms with van der Waals surface area (Å²) in [6, 6.07) is 1.51. The molecule has 1 aromatic heterocycles. The van der Waals surface area contributed by atoms with E-state index in [0.29, 0.717) is 5.00 Å². The van der Waals surface area contributed by atoms with Crippen molar-refractivity contribution in [2.24, 2.45) is 0 Å². The van der Waals surface area contributed by atoms with Crippen molar-refractivity contribution < 1.29 is 14.6 Å². The minimum Gasteiger partial charge on any atom is -0.449 e. The molecule has 1 rings (SSSR count). The highest BCUT2D eigenvalue weighted by Gasteiger charge is 2.04. The second-order valence-electron chi connectivity index (χ2n) is 1.52. The quantitative estimate of drug-likeness (QED) is 0.607. The van der Waals surface area contributed by atoms with E-state index < -0.39 is 6.16 Å². The summed E-state index contributed by atoms with van der Waals surface area (Å²) in [7, 11) is 0. The number of rotatable bonds is 1. The molecule has 54 valence electrons. The predicted octanol–water partition coefficient (Wildman–Crippen LogP) is 1.39. The molecule has 0 aliphatic rings. The van der Waals surface area contributed by atoms with Crippen LogP contribution in [0.5, 0.6) is 5.75 Å². The fourth-order valence-corrected chi connectivity index (χ4v) is 1.05. The van der Waals surface area contributed by atoms with Crippen molar-refractivity contribution in [2.75, 3.05) is 5.73 Å². The lowest BCUT2D eigenvalue weighted by Crippen LogP contribution is -2.03. The van der Waals surface area contributed by atoms with Crippen molar-refractivity contribution in [1.29, 1.82) is 0 Å². The number of nitrogen functional groups attached to an aromatic ring is 1. The van der Waals surface area contributed by atoms with Gasteiger partial charge in [0, 0.05) is 0 Å². The van der Waals surface area contributed by atoms with Crippen LogP contribution in [0.4, 0.5) is 9.80 Å². The van der Waals surface area contributed by atoms with Crippen LogP contribution in [0.15, 0.2) is 11.4 Å². The Morgan fingerprint density at radius 3 is 2.90 bits per heavy atom. The monoisotopic (exact) mass is 159 g/mol. The summed E-state index contributed by atoms with van der Waals surface area (Å²) in [5, 5.41) is 10.2. The van der Waals surface area contributed by atoms with Crippen molar-refractivity contribution >= 4 is 22.5 Å². The first-order valence-electron chi connectivity index (χ1n) is 2.44. The van der Waals surface area contributed by atoms with Gasteiger partial charge >= 0.3 is 6.16 Å². The van der Waals surface area contributed by atoms with E-state index in [1.165, 1.54) is 17.4 Å². The van der Waals surface area contributed by atoms with Gasteiger partial charge in [0.2, 0.25) is 0 Å². The van der Waals surface area contributed by atoms with Crippen LogP contribution in [0.3, 0.4) is 0 Å². The number of hydrogen-bond donors (Lipinski definition) is 2. The second kappa shape index (κ2) is 2.57. The number of hydrogen-bond acceptors (Lipinski definition) is 4. The van der Waals surface area contributed by atoms with Gasteiger partial charge in [-0.2, -0.15) is 0 Å². The molecule has 0 amide bonds. The summed E-state index contributed by atoms with van der Waals surface area (Å²) in [6.07, 6.45) is -1.34. The summed E-state index contributed by atoms with van der Waals surface area (Å²) in [5.41, 5.74) is 5.32. The third kappa shape index (κ3) is 1.38. The molecular formula is C5H5NO3S. The van der Waals surface area contributed by atoms with Gasteiger partial charge in [0.15, 0.2) is 5.75 Å². The van der Waals surface area contributed by atoms with Gasteiger partial charge in [-0.15, -0.1) is 11.3 Å². The third-order valence-electron chi connectivity index (χ3n) is 0.855. The zero-order valence-electron chi connectivity index (χ0n) is 4.90.